The Hall–Kier alpha value is -2.47. The maximum absolute atomic E-state index is 12.2. The van der Waals surface area contributed by atoms with Gasteiger partial charge >= 0.3 is 0 Å². The van der Waals surface area contributed by atoms with Crippen molar-refractivity contribution in [1.29, 1.82) is 0 Å². The number of anilines is 2. The quantitative estimate of drug-likeness (QED) is 0.776. The largest absolute Gasteiger partial charge is 0.373 e. The second kappa shape index (κ2) is 5.26. The molecule has 3 rings (SSSR count). The van der Waals surface area contributed by atoms with Gasteiger partial charge in [-0.15, -0.1) is 0 Å². The monoisotopic (exact) mass is 284 g/mol. The number of benzene rings is 1. The minimum absolute atomic E-state index is 0.192. The Bertz CT molecular complexity index is 735. The third-order valence-electron chi connectivity index (χ3n) is 2.79. The first-order valence-corrected chi connectivity index (χ1v) is 6.88. The Morgan fingerprint density at radius 3 is 2.90 bits per heavy atom. The minimum atomic E-state index is -0.192. The fraction of sp³-hybridized carbons (Fsp3) is 0.0714. The minimum Gasteiger partial charge on any atom is -0.373 e. The van der Waals surface area contributed by atoms with Crippen molar-refractivity contribution in [3.63, 3.8) is 0 Å². The van der Waals surface area contributed by atoms with Crippen LogP contribution in [0.5, 0.6) is 0 Å². The molecule has 0 saturated carbocycles. The summed E-state index contributed by atoms with van der Waals surface area (Å²) in [4.78, 5) is 20.6. The highest BCUT2D eigenvalue weighted by molar-refractivity contribution is 7.22. The number of nitrogens with zero attached hydrogens (tertiary/aromatic N) is 2. The van der Waals surface area contributed by atoms with Crippen molar-refractivity contribution < 1.29 is 4.79 Å². The number of amides is 1. The number of fused-ring (bicyclic) bond motifs is 1. The number of pyridine rings is 1. The molecule has 0 atom stereocenters. The van der Waals surface area contributed by atoms with Gasteiger partial charge in [0.2, 0.25) is 0 Å². The van der Waals surface area contributed by atoms with Crippen LogP contribution in [0.1, 0.15) is 10.4 Å². The molecule has 0 saturated heterocycles. The van der Waals surface area contributed by atoms with Gasteiger partial charge in [0, 0.05) is 18.8 Å². The van der Waals surface area contributed by atoms with E-state index in [9.17, 15) is 4.79 Å². The van der Waals surface area contributed by atoms with Gasteiger partial charge in [0.05, 0.1) is 10.2 Å². The van der Waals surface area contributed by atoms with Gasteiger partial charge in [0.25, 0.3) is 5.91 Å². The number of thiazole rings is 1. The molecule has 20 heavy (non-hydrogen) atoms. The van der Waals surface area contributed by atoms with Crippen LogP contribution in [0.15, 0.2) is 42.6 Å². The SMILES string of the molecule is CNc1cc(C(=O)Nc2nc3ccccc3s2)ccn1. The highest BCUT2D eigenvalue weighted by Crippen LogP contribution is 2.25. The predicted octanol–water partition coefficient (Wildman–Crippen LogP) is 2.99. The van der Waals surface area contributed by atoms with Crippen LogP contribution in [0.4, 0.5) is 10.9 Å². The third-order valence-corrected chi connectivity index (χ3v) is 3.74. The standard InChI is InChI=1S/C14H12N4OS/c1-15-12-8-9(6-7-16-12)13(19)18-14-17-10-4-2-3-5-11(10)20-14/h2-8H,1H3,(H,15,16)(H,17,18,19). The Kier molecular flexibility index (Phi) is 3.30. The number of para-hydroxylation sites is 1. The molecule has 0 spiro atoms. The number of rotatable bonds is 3. The second-order valence-corrected chi connectivity index (χ2v) is 5.15. The molecule has 0 aliphatic rings. The van der Waals surface area contributed by atoms with Gasteiger partial charge in [-0.3, -0.25) is 10.1 Å². The van der Waals surface area contributed by atoms with E-state index in [4.69, 9.17) is 0 Å². The zero-order valence-electron chi connectivity index (χ0n) is 10.8. The Balaban J connectivity index is 1.84. The molecule has 100 valence electrons. The third kappa shape index (κ3) is 2.46. The summed E-state index contributed by atoms with van der Waals surface area (Å²) < 4.78 is 1.05. The Labute approximate surface area is 119 Å². The van der Waals surface area contributed by atoms with Crippen LogP contribution in [0.25, 0.3) is 10.2 Å². The summed E-state index contributed by atoms with van der Waals surface area (Å²) in [7, 11) is 1.76. The van der Waals surface area contributed by atoms with Crippen LogP contribution >= 0.6 is 11.3 Å². The maximum Gasteiger partial charge on any atom is 0.257 e. The Morgan fingerprint density at radius 2 is 2.10 bits per heavy atom. The summed E-state index contributed by atoms with van der Waals surface area (Å²) in [6.45, 7) is 0. The van der Waals surface area contributed by atoms with Gasteiger partial charge in [-0.05, 0) is 24.3 Å². The number of carbonyl (C=O) groups excluding carboxylic acids is 1. The van der Waals surface area contributed by atoms with E-state index >= 15 is 0 Å². The molecule has 0 aliphatic carbocycles. The van der Waals surface area contributed by atoms with Crippen molar-refractivity contribution in [2.75, 3.05) is 17.7 Å². The average molecular weight is 284 g/mol. The summed E-state index contributed by atoms with van der Waals surface area (Å²) >= 11 is 1.46. The molecule has 2 N–H and O–H groups in total. The number of hydrogen-bond donors (Lipinski definition) is 2. The molecular formula is C14H12N4OS. The topological polar surface area (TPSA) is 66.9 Å². The molecule has 3 aromatic rings. The summed E-state index contributed by atoms with van der Waals surface area (Å²) in [5.41, 5.74) is 1.43. The van der Waals surface area contributed by atoms with Crippen molar-refractivity contribution in [2.24, 2.45) is 0 Å². The summed E-state index contributed by atoms with van der Waals surface area (Å²) in [6.07, 6.45) is 1.60. The first-order chi connectivity index (χ1) is 9.76. The molecule has 0 radical (unpaired) electrons. The predicted molar refractivity (Wildman–Crippen MR) is 81.4 cm³/mol. The zero-order chi connectivity index (χ0) is 13.9. The number of nitrogens with one attached hydrogen (secondary N) is 2. The summed E-state index contributed by atoms with van der Waals surface area (Å²) in [5.74, 6) is 0.463. The normalized spacial score (nSPS) is 10.4. The van der Waals surface area contributed by atoms with E-state index in [2.05, 4.69) is 20.6 Å². The van der Waals surface area contributed by atoms with Crippen LogP contribution in [0.3, 0.4) is 0 Å². The molecule has 1 aromatic carbocycles. The molecule has 0 aliphatic heterocycles. The first-order valence-electron chi connectivity index (χ1n) is 6.07. The molecule has 2 aromatic heterocycles. The molecular weight excluding hydrogens is 272 g/mol. The van der Waals surface area contributed by atoms with Crippen molar-refractivity contribution in [1.82, 2.24) is 9.97 Å². The molecule has 0 unspecified atom stereocenters. The van der Waals surface area contributed by atoms with Crippen molar-refractivity contribution >= 4 is 38.4 Å². The van der Waals surface area contributed by atoms with E-state index in [1.54, 1.807) is 25.4 Å². The summed E-state index contributed by atoms with van der Waals surface area (Å²) in [6, 6.07) is 11.2. The number of aromatic nitrogens is 2. The first kappa shape index (κ1) is 12.6. The van der Waals surface area contributed by atoms with Gasteiger partial charge in [0.15, 0.2) is 5.13 Å². The Morgan fingerprint density at radius 1 is 1.25 bits per heavy atom. The van der Waals surface area contributed by atoms with Crippen LogP contribution in [0, 0.1) is 0 Å². The maximum atomic E-state index is 12.2. The van der Waals surface area contributed by atoms with Gasteiger partial charge in [-0.1, -0.05) is 23.5 Å². The fourth-order valence-corrected chi connectivity index (χ4v) is 2.66. The smallest absolute Gasteiger partial charge is 0.257 e. The van der Waals surface area contributed by atoms with E-state index in [0.717, 1.165) is 10.2 Å². The lowest BCUT2D eigenvalue weighted by Crippen LogP contribution is -2.12. The van der Waals surface area contributed by atoms with Crippen molar-refractivity contribution in [2.45, 2.75) is 0 Å². The van der Waals surface area contributed by atoms with Crippen LogP contribution < -0.4 is 10.6 Å². The number of hydrogen-bond acceptors (Lipinski definition) is 5. The second-order valence-electron chi connectivity index (χ2n) is 4.12. The lowest BCUT2D eigenvalue weighted by molar-refractivity contribution is 0.102. The summed E-state index contributed by atoms with van der Waals surface area (Å²) in [5, 5.41) is 6.31. The molecule has 6 heteroatoms. The fourth-order valence-electron chi connectivity index (χ4n) is 1.80. The van der Waals surface area contributed by atoms with Crippen LogP contribution in [-0.2, 0) is 0 Å². The van der Waals surface area contributed by atoms with Gasteiger partial charge in [-0.25, -0.2) is 9.97 Å². The lowest BCUT2D eigenvalue weighted by Gasteiger charge is -2.03. The molecule has 5 nitrogen and oxygen atoms in total. The highest BCUT2D eigenvalue weighted by Gasteiger charge is 2.10. The van der Waals surface area contributed by atoms with Gasteiger partial charge in [-0.2, -0.15) is 0 Å². The number of carbonyl (C=O) groups is 1. The van der Waals surface area contributed by atoms with Crippen LogP contribution in [-0.4, -0.2) is 22.9 Å². The highest BCUT2D eigenvalue weighted by atomic mass is 32.1. The lowest BCUT2D eigenvalue weighted by atomic mass is 10.2. The molecule has 1 amide bonds. The van der Waals surface area contributed by atoms with E-state index in [0.29, 0.717) is 16.5 Å². The van der Waals surface area contributed by atoms with E-state index in [1.165, 1.54) is 11.3 Å². The molecule has 0 bridgehead atoms. The van der Waals surface area contributed by atoms with Gasteiger partial charge in [0.1, 0.15) is 5.82 Å². The van der Waals surface area contributed by atoms with Gasteiger partial charge < -0.3 is 5.32 Å². The van der Waals surface area contributed by atoms with Crippen molar-refractivity contribution in [3.05, 3.63) is 48.2 Å². The van der Waals surface area contributed by atoms with E-state index < -0.39 is 0 Å². The van der Waals surface area contributed by atoms with Crippen molar-refractivity contribution in [3.8, 4) is 0 Å². The van der Waals surface area contributed by atoms with E-state index in [-0.39, 0.29) is 5.91 Å². The van der Waals surface area contributed by atoms with Crippen LogP contribution in [0.2, 0.25) is 0 Å². The zero-order valence-corrected chi connectivity index (χ0v) is 11.6. The molecule has 2 heterocycles. The average Bonchev–Trinajstić information content (AvgIpc) is 2.89. The van der Waals surface area contributed by atoms with E-state index in [1.807, 2.05) is 24.3 Å². The molecule has 0 fully saturated rings.